The largest absolute Gasteiger partial charge is 0.354 e. The average Bonchev–Trinajstić information content (AvgIpc) is 2.98. The second-order valence-electron chi connectivity index (χ2n) is 8.17. The van der Waals surface area contributed by atoms with E-state index in [2.05, 4.69) is 39.5 Å². The first-order valence-corrected chi connectivity index (χ1v) is 10.3. The Bertz CT molecular complexity index is 1080. The summed E-state index contributed by atoms with van der Waals surface area (Å²) < 4.78 is 14.1. The molecule has 29 heavy (non-hydrogen) atoms. The summed E-state index contributed by atoms with van der Waals surface area (Å²) in [5.74, 6) is -0.614. The summed E-state index contributed by atoms with van der Waals surface area (Å²) in [6.07, 6.45) is 2.80. The molecule has 1 amide bonds. The Balaban J connectivity index is 1.53. The molecule has 6 heteroatoms. The summed E-state index contributed by atoms with van der Waals surface area (Å²) >= 11 is 0. The second-order valence-corrected chi connectivity index (χ2v) is 8.17. The van der Waals surface area contributed by atoms with Crippen LogP contribution in [0.1, 0.15) is 34.3 Å². The zero-order valence-electron chi connectivity index (χ0n) is 16.3. The molecule has 2 aliphatic heterocycles. The maximum Gasteiger partial charge on any atom is 0.252 e. The number of aromatic amines is 1. The summed E-state index contributed by atoms with van der Waals surface area (Å²) in [6, 6.07) is 11.6. The number of piperidine rings is 1. The summed E-state index contributed by atoms with van der Waals surface area (Å²) in [5.41, 5.74) is 11.5. The Morgan fingerprint density at radius 1 is 1.17 bits per heavy atom. The molecule has 3 heterocycles. The predicted octanol–water partition coefficient (Wildman–Crippen LogP) is 3.18. The monoisotopic (exact) mass is 392 g/mol. The van der Waals surface area contributed by atoms with Crippen molar-refractivity contribution >= 4 is 16.8 Å². The van der Waals surface area contributed by atoms with Crippen LogP contribution in [-0.4, -0.2) is 41.5 Å². The van der Waals surface area contributed by atoms with Crippen LogP contribution in [0.25, 0.3) is 22.2 Å². The first-order chi connectivity index (χ1) is 14.1. The van der Waals surface area contributed by atoms with Gasteiger partial charge in [-0.15, -0.1) is 0 Å². The molecule has 0 atom stereocenters. The van der Waals surface area contributed by atoms with Crippen LogP contribution in [-0.2, 0) is 13.0 Å². The Morgan fingerprint density at radius 3 is 2.83 bits per heavy atom. The van der Waals surface area contributed by atoms with Crippen molar-refractivity contribution in [1.82, 2.24) is 15.2 Å². The van der Waals surface area contributed by atoms with Gasteiger partial charge in [-0.05, 0) is 67.2 Å². The SMILES string of the molecule is NC1CCN(Cc2cccc(-c3[nH]c4cc(F)cc5c4c3CCNC5=O)c2)CC1. The third kappa shape index (κ3) is 3.43. The van der Waals surface area contributed by atoms with Crippen molar-refractivity contribution in [2.24, 2.45) is 5.73 Å². The number of aromatic nitrogens is 1. The first-order valence-electron chi connectivity index (χ1n) is 10.3. The standard InChI is InChI=1S/C23H25FN4O/c24-16-11-19-21-18(4-7-26-23(19)29)22(27-20(21)12-16)15-3-1-2-14(10-15)13-28-8-5-17(25)6-9-28/h1-3,10-12,17,27H,4-9,13,25H2,(H,26,29). The van der Waals surface area contributed by atoms with Gasteiger partial charge in [0.05, 0.1) is 5.56 Å². The quantitative estimate of drug-likeness (QED) is 0.641. The lowest BCUT2D eigenvalue weighted by Crippen LogP contribution is -2.39. The Morgan fingerprint density at radius 2 is 2.00 bits per heavy atom. The number of halogens is 1. The molecule has 1 fully saturated rings. The number of hydrogen-bond donors (Lipinski definition) is 3. The molecule has 150 valence electrons. The van der Waals surface area contributed by atoms with Crippen LogP contribution < -0.4 is 11.1 Å². The highest BCUT2D eigenvalue weighted by atomic mass is 19.1. The first kappa shape index (κ1) is 18.3. The van der Waals surface area contributed by atoms with Crippen LogP contribution >= 0.6 is 0 Å². The molecule has 0 saturated carbocycles. The summed E-state index contributed by atoms with van der Waals surface area (Å²) in [6.45, 7) is 3.50. The van der Waals surface area contributed by atoms with Crippen LogP contribution in [0.2, 0.25) is 0 Å². The molecule has 1 aromatic heterocycles. The maximum atomic E-state index is 14.1. The minimum absolute atomic E-state index is 0.212. The van der Waals surface area contributed by atoms with E-state index in [-0.39, 0.29) is 5.91 Å². The van der Waals surface area contributed by atoms with E-state index < -0.39 is 5.82 Å². The summed E-state index contributed by atoms with van der Waals surface area (Å²) in [5, 5.41) is 3.72. The topological polar surface area (TPSA) is 74.2 Å². The van der Waals surface area contributed by atoms with Crippen molar-refractivity contribution in [2.75, 3.05) is 19.6 Å². The van der Waals surface area contributed by atoms with Crippen molar-refractivity contribution < 1.29 is 9.18 Å². The van der Waals surface area contributed by atoms with Gasteiger partial charge in [0.15, 0.2) is 0 Å². The molecule has 2 aliphatic rings. The Hall–Kier alpha value is -2.70. The van der Waals surface area contributed by atoms with Crippen molar-refractivity contribution in [3.63, 3.8) is 0 Å². The molecular weight excluding hydrogens is 367 g/mol. The molecule has 0 spiro atoms. The minimum atomic E-state index is -0.402. The maximum absolute atomic E-state index is 14.1. The van der Waals surface area contributed by atoms with Gasteiger partial charge >= 0.3 is 0 Å². The second kappa shape index (κ2) is 7.28. The predicted molar refractivity (Wildman–Crippen MR) is 112 cm³/mol. The molecule has 5 rings (SSSR count). The number of nitrogens with one attached hydrogen (secondary N) is 2. The third-order valence-corrected chi connectivity index (χ3v) is 6.13. The number of benzene rings is 2. The Kier molecular flexibility index (Phi) is 4.60. The molecule has 0 aliphatic carbocycles. The third-order valence-electron chi connectivity index (χ3n) is 6.13. The smallest absolute Gasteiger partial charge is 0.252 e. The fraction of sp³-hybridized carbons (Fsp3) is 0.348. The highest BCUT2D eigenvalue weighted by molar-refractivity contribution is 6.10. The minimum Gasteiger partial charge on any atom is -0.354 e. The number of likely N-dealkylation sites (tertiary alicyclic amines) is 1. The van der Waals surface area contributed by atoms with Gasteiger partial charge in [0, 0.05) is 35.7 Å². The summed E-state index contributed by atoms with van der Waals surface area (Å²) in [4.78, 5) is 18.2. The normalized spacial score (nSPS) is 18.1. The van der Waals surface area contributed by atoms with Crippen molar-refractivity contribution in [2.45, 2.75) is 31.8 Å². The Labute approximate surface area is 169 Å². The molecule has 0 unspecified atom stereocenters. The fourth-order valence-electron chi connectivity index (χ4n) is 4.63. The van der Waals surface area contributed by atoms with Gasteiger partial charge < -0.3 is 16.0 Å². The number of carbonyl (C=O) groups is 1. The van der Waals surface area contributed by atoms with Crippen LogP contribution in [0.3, 0.4) is 0 Å². The van der Waals surface area contributed by atoms with Crippen LogP contribution in [0.15, 0.2) is 36.4 Å². The van der Waals surface area contributed by atoms with Crippen molar-refractivity contribution in [1.29, 1.82) is 0 Å². The van der Waals surface area contributed by atoms with Crippen molar-refractivity contribution in [3.8, 4) is 11.3 Å². The van der Waals surface area contributed by atoms with Gasteiger partial charge in [-0.1, -0.05) is 18.2 Å². The molecule has 0 bridgehead atoms. The van der Waals surface area contributed by atoms with E-state index in [1.54, 1.807) is 0 Å². The number of H-pyrrole nitrogens is 1. The van der Waals surface area contributed by atoms with E-state index in [0.29, 0.717) is 30.1 Å². The van der Waals surface area contributed by atoms with E-state index >= 15 is 0 Å². The molecule has 5 nitrogen and oxygen atoms in total. The number of nitrogens with zero attached hydrogens (tertiary/aromatic N) is 1. The molecule has 3 aromatic rings. The molecule has 4 N–H and O–H groups in total. The average molecular weight is 392 g/mol. The van der Waals surface area contributed by atoms with E-state index in [0.717, 1.165) is 54.7 Å². The van der Waals surface area contributed by atoms with E-state index in [4.69, 9.17) is 5.73 Å². The lowest BCUT2D eigenvalue weighted by molar-refractivity contribution is 0.0957. The van der Waals surface area contributed by atoms with Gasteiger partial charge in [0.1, 0.15) is 5.82 Å². The van der Waals surface area contributed by atoms with Crippen LogP contribution in [0, 0.1) is 5.82 Å². The molecule has 2 aromatic carbocycles. The van der Waals surface area contributed by atoms with Gasteiger partial charge in [-0.2, -0.15) is 0 Å². The van der Waals surface area contributed by atoms with E-state index in [1.165, 1.54) is 17.7 Å². The van der Waals surface area contributed by atoms with Gasteiger partial charge in [-0.25, -0.2) is 4.39 Å². The lowest BCUT2D eigenvalue weighted by Gasteiger charge is -2.30. The van der Waals surface area contributed by atoms with Crippen LogP contribution in [0.4, 0.5) is 4.39 Å². The lowest BCUT2D eigenvalue weighted by atomic mass is 9.99. The van der Waals surface area contributed by atoms with Gasteiger partial charge in [-0.3, -0.25) is 9.69 Å². The number of carbonyl (C=O) groups excluding carboxylic acids is 1. The fourth-order valence-corrected chi connectivity index (χ4v) is 4.63. The van der Waals surface area contributed by atoms with Crippen LogP contribution in [0.5, 0.6) is 0 Å². The van der Waals surface area contributed by atoms with Crippen molar-refractivity contribution in [3.05, 3.63) is 58.9 Å². The zero-order chi connectivity index (χ0) is 20.0. The molecule has 0 radical (unpaired) electrons. The highest BCUT2D eigenvalue weighted by Gasteiger charge is 2.23. The van der Waals surface area contributed by atoms with E-state index in [1.807, 2.05) is 0 Å². The van der Waals surface area contributed by atoms with Gasteiger partial charge in [0.2, 0.25) is 0 Å². The number of nitrogens with two attached hydrogens (primary N) is 1. The van der Waals surface area contributed by atoms with Gasteiger partial charge in [0.25, 0.3) is 5.91 Å². The molecular formula is C23H25FN4O. The zero-order valence-corrected chi connectivity index (χ0v) is 16.3. The van der Waals surface area contributed by atoms with E-state index in [9.17, 15) is 9.18 Å². The number of rotatable bonds is 3. The molecule has 1 saturated heterocycles. The number of hydrogen-bond acceptors (Lipinski definition) is 3. The number of amides is 1. The highest BCUT2D eigenvalue weighted by Crippen LogP contribution is 2.35. The summed E-state index contributed by atoms with van der Waals surface area (Å²) in [7, 11) is 0.